The lowest BCUT2D eigenvalue weighted by Crippen LogP contribution is -1.93. The molecule has 1 heterocycles. The minimum absolute atomic E-state index is 0.0175. The van der Waals surface area contributed by atoms with Crippen molar-refractivity contribution in [3.63, 3.8) is 0 Å². The van der Waals surface area contributed by atoms with E-state index in [1.54, 1.807) is 78.9 Å². The zero-order valence-electron chi connectivity index (χ0n) is 38.4. The van der Waals surface area contributed by atoms with E-state index in [0.29, 0.717) is 32.7 Å². The molecule has 1 nitrogen and oxygen atoms in total. The predicted molar refractivity (Wildman–Crippen MR) is 190 cm³/mol. The van der Waals surface area contributed by atoms with Crippen LogP contribution in [0, 0.1) is 0 Å². The third-order valence-corrected chi connectivity index (χ3v) is 7.94. The van der Waals surface area contributed by atoms with E-state index in [4.69, 9.17) is 19.5 Å². The number of hydrogen-bond acceptors (Lipinski definition) is 1. The average molecular weight is 588 g/mol. The van der Waals surface area contributed by atoms with E-state index in [9.17, 15) is 5.48 Å². The van der Waals surface area contributed by atoms with Crippen molar-refractivity contribution in [2.45, 2.75) is 0 Å². The summed E-state index contributed by atoms with van der Waals surface area (Å²) in [6.45, 7) is 0. The molecule has 0 bridgehead atoms. The van der Waals surface area contributed by atoms with Crippen LogP contribution in [0.2, 0.25) is 0 Å². The van der Waals surface area contributed by atoms with E-state index in [-0.39, 0.29) is 56.3 Å². The van der Waals surface area contributed by atoms with E-state index >= 15 is 0 Å². The summed E-state index contributed by atoms with van der Waals surface area (Å²) in [4.78, 5) is 0. The Morgan fingerprint density at radius 1 is 0.356 bits per heavy atom. The van der Waals surface area contributed by atoms with Gasteiger partial charge in [-0.25, -0.2) is 0 Å². The largest absolute Gasteiger partial charge is 0.456 e. The molecule has 1 aromatic heterocycles. The Morgan fingerprint density at radius 3 is 1.69 bits per heavy atom. The average Bonchev–Trinajstić information content (AvgIpc) is 3.67. The number of rotatable bonds is 4. The molecule has 9 aromatic rings. The van der Waals surface area contributed by atoms with Gasteiger partial charge in [0.15, 0.2) is 0 Å². The molecular weight excluding hydrogens is 544 g/mol. The normalized spacial score (nSPS) is 16.2. The third kappa shape index (κ3) is 4.17. The molecule has 0 radical (unpaired) electrons. The number of furan rings is 1. The van der Waals surface area contributed by atoms with Gasteiger partial charge in [0.2, 0.25) is 0 Å². The van der Waals surface area contributed by atoms with Crippen LogP contribution >= 0.6 is 0 Å². The molecule has 210 valence electrons. The number of benzene rings is 8. The van der Waals surface area contributed by atoms with Crippen LogP contribution in [0.1, 0.15) is 20.6 Å². The molecule has 45 heavy (non-hydrogen) atoms. The molecular formula is C44H28O. The van der Waals surface area contributed by atoms with Gasteiger partial charge in [0.1, 0.15) is 11.2 Å². The van der Waals surface area contributed by atoms with Crippen LogP contribution in [0.15, 0.2) is 174 Å². The van der Waals surface area contributed by atoms with Gasteiger partial charge < -0.3 is 4.42 Å². The Bertz CT molecular complexity index is 3290. The summed E-state index contributed by atoms with van der Waals surface area (Å²) < 4.78 is 139. The van der Waals surface area contributed by atoms with Gasteiger partial charge in [-0.15, -0.1) is 0 Å². The lowest BCUT2D eigenvalue weighted by Gasteiger charge is -2.20. The summed E-state index contributed by atoms with van der Waals surface area (Å²) in [6.07, 6.45) is 0. The molecule has 1 heteroatoms. The van der Waals surface area contributed by atoms with E-state index < -0.39 is 89.7 Å². The highest BCUT2D eigenvalue weighted by Crippen LogP contribution is 2.48. The van der Waals surface area contributed by atoms with Crippen LogP contribution in [-0.4, -0.2) is 0 Å². The lowest BCUT2D eigenvalue weighted by atomic mass is 9.83. The van der Waals surface area contributed by atoms with Gasteiger partial charge in [-0.2, -0.15) is 0 Å². The second-order valence-electron chi connectivity index (χ2n) is 10.5. The van der Waals surface area contributed by atoms with E-state index in [1.807, 2.05) is 0 Å². The number of fused-ring (bicyclic) bond motifs is 5. The molecule has 0 aliphatic rings. The van der Waals surface area contributed by atoms with E-state index in [1.165, 1.54) is 0 Å². The van der Waals surface area contributed by atoms with Crippen molar-refractivity contribution in [2.24, 2.45) is 0 Å². The summed E-state index contributed by atoms with van der Waals surface area (Å²) in [7, 11) is 0. The SMILES string of the molecule is [2H]c1c([2H])c([2H])c(-c2c([2H])c([2H])c([2H])c(-c3c4ccccc4c(-c4c(-c5ccccc5)c([2H])c5oc6c([2H])c([2H])c([2H])c([2H])c6c5c4[2H])c4ccccc34)c2[2H])c([2H])c1[2H]. The molecule has 0 saturated carbocycles. The van der Waals surface area contributed by atoms with Gasteiger partial charge in [-0.05, 0) is 90.2 Å². The zero-order valence-corrected chi connectivity index (χ0v) is 23.4. The highest BCUT2D eigenvalue weighted by atomic mass is 16.3. The Labute approximate surface area is 282 Å². The quantitative estimate of drug-likeness (QED) is 0.187. The lowest BCUT2D eigenvalue weighted by molar-refractivity contribution is 0.669. The van der Waals surface area contributed by atoms with Gasteiger partial charge >= 0.3 is 0 Å². The van der Waals surface area contributed by atoms with Crippen LogP contribution in [0.25, 0.3) is 88.0 Å². The van der Waals surface area contributed by atoms with Crippen LogP contribution in [0.5, 0.6) is 0 Å². The fraction of sp³-hybridized carbons (Fsp3) is 0. The van der Waals surface area contributed by atoms with E-state index in [2.05, 4.69) is 0 Å². The molecule has 0 fully saturated rings. The van der Waals surface area contributed by atoms with Crippen LogP contribution in [0.4, 0.5) is 0 Å². The minimum atomic E-state index is -0.680. The minimum Gasteiger partial charge on any atom is -0.456 e. The Balaban J connectivity index is 1.49. The molecule has 0 atom stereocenters. The van der Waals surface area contributed by atoms with Crippen molar-refractivity contribution in [2.75, 3.05) is 0 Å². The first-order valence-electron chi connectivity index (χ1n) is 21.7. The highest BCUT2D eigenvalue weighted by Gasteiger charge is 2.21. The molecule has 0 N–H and O–H groups in total. The summed E-state index contributed by atoms with van der Waals surface area (Å²) in [5, 5.41) is 1.80. The Morgan fingerprint density at radius 2 is 0.956 bits per heavy atom. The van der Waals surface area contributed by atoms with Gasteiger partial charge in [-0.3, -0.25) is 0 Å². The Kier molecular flexibility index (Phi) is 3.39. The van der Waals surface area contributed by atoms with Crippen molar-refractivity contribution < 1.29 is 25.0 Å². The summed E-state index contributed by atoms with van der Waals surface area (Å²) in [5.41, 5.74) is 0.548. The van der Waals surface area contributed by atoms with Crippen molar-refractivity contribution in [3.8, 4) is 44.5 Å². The molecule has 0 spiro atoms. The van der Waals surface area contributed by atoms with Crippen LogP contribution in [0.3, 0.4) is 0 Å². The van der Waals surface area contributed by atoms with Gasteiger partial charge in [0, 0.05) is 10.8 Å². The second kappa shape index (κ2) is 10.4. The highest BCUT2D eigenvalue weighted by molar-refractivity contribution is 6.23. The Hall–Kier alpha value is -5.92. The topological polar surface area (TPSA) is 13.1 Å². The number of para-hydroxylation sites is 1. The predicted octanol–water partition coefficient (Wildman–Crippen LogP) is 12.6. The first-order valence-corrected chi connectivity index (χ1v) is 14.2. The van der Waals surface area contributed by atoms with Crippen molar-refractivity contribution >= 4 is 43.5 Å². The van der Waals surface area contributed by atoms with Gasteiger partial charge in [0.25, 0.3) is 0 Å². The fourth-order valence-electron chi connectivity index (χ4n) is 6.04. The molecule has 9 rings (SSSR count). The van der Waals surface area contributed by atoms with Crippen LogP contribution in [-0.2, 0) is 0 Å². The van der Waals surface area contributed by atoms with Crippen molar-refractivity contribution in [3.05, 3.63) is 169 Å². The summed E-state index contributed by atoms with van der Waals surface area (Å²) >= 11 is 0. The molecule has 0 aliphatic carbocycles. The number of hydrogen-bond donors (Lipinski definition) is 0. The van der Waals surface area contributed by atoms with Crippen molar-refractivity contribution in [1.82, 2.24) is 0 Å². The monoisotopic (exact) mass is 587 g/mol. The van der Waals surface area contributed by atoms with Crippen LogP contribution < -0.4 is 0 Å². The smallest absolute Gasteiger partial charge is 0.136 e. The van der Waals surface area contributed by atoms with Gasteiger partial charge in [-0.1, -0.05) is 145 Å². The second-order valence-corrected chi connectivity index (χ2v) is 10.5. The standard InChI is InChI=1S/C44H28O/c1-3-14-29(15-4-1)31-18-13-19-32(26-31)43-34-21-7-9-23-36(34)44(37-24-10-8-22-35(37)43)40-27-39-33-20-11-12-25-41(33)45-42(39)28-38(40)30-16-5-2-6-17-30/h1-28H/i1D,3D,4D,11D,12D,13D,14D,15D,18D,19D,20D,25D,26D,27D,28D. The summed E-state index contributed by atoms with van der Waals surface area (Å²) in [5.74, 6) is 0. The molecule has 0 amide bonds. The van der Waals surface area contributed by atoms with Gasteiger partial charge in [0.05, 0.1) is 20.6 Å². The van der Waals surface area contributed by atoms with Crippen molar-refractivity contribution in [1.29, 1.82) is 0 Å². The third-order valence-electron chi connectivity index (χ3n) is 7.94. The first kappa shape index (κ1) is 14.7. The molecule has 0 aliphatic heterocycles. The molecule has 0 unspecified atom stereocenters. The first-order chi connectivity index (χ1) is 28.6. The summed E-state index contributed by atoms with van der Waals surface area (Å²) in [6, 6.07) is 15.0. The maximum atomic E-state index is 9.97. The maximum absolute atomic E-state index is 9.97. The molecule has 8 aromatic carbocycles. The zero-order chi connectivity index (χ0) is 42.8. The maximum Gasteiger partial charge on any atom is 0.136 e. The van der Waals surface area contributed by atoms with E-state index in [0.717, 1.165) is 0 Å². The fourth-order valence-corrected chi connectivity index (χ4v) is 6.04. The molecule has 0 saturated heterocycles.